The minimum atomic E-state index is -0.173. The minimum Gasteiger partial charge on any atom is -0.488 e. The van der Waals surface area contributed by atoms with Gasteiger partial charge < -0.3 is 19.1 Å². The predicted octanol–water partition coefficient (Wildman–Crippen LogP) is 3.29. The molecule has 0 aromatic carbocycles. The van der Waals surface area contributed by atoms with Crippen LogP contribution < -0.4 is 15.6 Å². The molecule has 0 saturated carbocycles. The lowest BCUT2D eigenvalue weighted by molar-refractivity contribution is 0.0946. The molecule has 7 heteroatoms. The number of hydrogen-bond donors (Lipinski definition) is 1. The average molecular weight is 387 g/mol. The fourth-order valence-corrected chi connectivity index (χ4v) is 3.60. The Morgan fingerprint density at radius 2 is 2.14 bits per heavy atom. The number of aromatic nitrogens is 2. The van der Waals surface area contributed by atoms with E-state index in [1.807, 2.05) is 13.8 Å². The number of nitrogens with zero attached hydrogens (tertiary/aromatic N) is 2. The molecule has 2 aromatic rings. The van der Waals surface area contributed by atoms with Crippen molar-refractivity contribution in [2.24, 2.45) is 0 Å². The van der Waals surface area contributed by atoms with Gasteiger partial charge in [0.25, 0.3) is 11.5 Å². The van der Waals surface area contributed by atoms with Gasteiger partial charge in [-0.25, -0.2) is 0 Å². The first-order chi connectivity index (χ1) is 13.5. The topological polar surface area (TPSA) is 86.4 Å². The zero-order valence-corrected chi connectivity index (χ0v) is 17.0. The minimum absolute atomic E-state index is 0.115. The van der Waals surface area contributed by atoms with Crippen molar-refractivity contribution in [3.05, 3.63) is 44.7 Å². The number of aryl methyl sites for hydroxylation is 2. The van der Waals surface area contributed by atoms with Gasteiger partial charge in [0.05, 0.1) is 11.3 Å². The van der Waals surface area contributed by atoms with Crippen molar-refractivity contribution in [2.75, 3.05) is 6.54 Å². The average Bonchev–Trinajstić information content (AvgIpc) is 2.86. The van der Waals surface area contributed by atoms with Crippen molar-refractivity contribution >= 4 is 5.91 Å². The van der Waals surface area contributed by atoms with Crippen LogP contribution >= 0.6 is 0 Å². The number of carbonyl (C=O) groups is 1. The van der Waals surface area contributed by atoms with Crippen molar-refractivity contribution in [3.63, 3.8) is 0 Å². The van der Waals surface area contributed by atoms with Gasteiger partial charge >= 0.3 is 0 Å². The summed E-state index contributed by atoms with van der Waals surface area (Å²) < 4.78 is 12.9. The van der Waals surface area contributed by atoms with E-state index in [1.54, 1.807) is 4.57 Å². The van der Waals surface area contributed by atoms with E-state index in [-0.39, 0.29) is 18.1 Å². The Morgan fingerprint density at radius 3 is 2.86 bits per heavy atom. The highest BCUT2D eigenvalue weighted by molar-refractivity contribution is 5.98. The third-order valence-corrected chi connectivity index (χ3v) is 5.27. The number of rotatable bonds is 7. The maximum absolute atomic E-state index is 13.0. The molecule has 0 saturated heterocycles. The Kier molecular flexibility index (Phi) is 6.54. The van der Waals surface area contributed by atoms with E-state index < -0.39 is 0 Å². The van der Waals surface area contributed by atoms with Crippen LogP contribution in [-0.4, -0.2) is 22.2 Å². The number of fused-ring (bicyclic) bond motifs is 1. The molecule has 0 atom stereocenters. The van der Waals surface area contributed by atoms with Gasteiger partial charge in [0.1, 0.15) is 23.7 Å². The molecular weight excluding hydrogens is 358 g/mol. The fourth-order valence-electron chi connectivity index (χ4n) is 3.60. The van der Waals surface area contributed by atoms with Crippen LogP contribution in [0.15, 0.2) is 15.4 Å². The lowest BCUT2D eigenvalue weighted by atomic mass is 10.1. The zero-order chi connectivity index (χ0) is 20.1. The first kappa shape index (κ1) is 20.2. The summed E-state index contributed by atoms with van der Waals surface area (Å²) in [6, 6.07) is 1.45. The number of pyridine rings is 1. The number of nitrogens with one attached hydrogen (secondary N) is 1. The number of amides is 1. The number of unbranched alkanes of at least 4 members (excludes halogenated alkanes) is 1. The van der Waals surface area contributed by atoms with Gasteiger partial charge in [-0.15, -0.1) is 0 Å². The van der Waals surface area contributed by atoms with Crippen LogP contribution in [-0.2, 0) is 19.6 Å². The first-order valence-electron chi connectivity index (χ1n) is 10.1. The smallest absolute Gasteiger partial charge is 0.256 e. The Hall–Kier alpha value is -2.57. The summed E-state index contributed by atoms with van der Waals surface area (Å²) in [7, 11) is 0. The van der Waals surface area contributed by atoms with Crippen LogP contribution in [0.2, 0.25) is 0 Å². The lowest BCUT2D eigenvalue weighted by Gasteiger charge is -2.18. The predicted molar refractivity (Wildman–Crippen MR) is 106 cm³/mol. The molecule has 1 aliphatic rings. The van der Waals surface area contributed by atoms with Crippen molar-refractivity contribution in [1.29, 1.82) is 0 Å². The molecule has 7 nitrogen and oxygen atoms in total. The standard InChI is InChI=1S/C21H29N3O4/c1-4-5-10-22-21(26)20-17-9-7-6-8-11-24(17)19(25)12-18(20)27-13-16-14(2)23-28-15(16)3/h12H,4-11,13H2,1-3H3,(H,22,26). The zero-order valence-electron chi connectivity index (χ0n) is 17.0. The van der Waals surface area contributed by atoms with Crippen LogP contribution in [0, 0.1) is 13.8 Å². The highest BCUT2D eigenvalue weighted by Crippen LogP contribution is 2.26. The van der Waals surface area contributed by atoms with Crippen molar-refractivity contribution in [2.45, 2.75) is 72.4 Å². The summed E-state index contributed by atoms with van der Waals surface area (Å²) in [5.74, 6) is 0.845. The highest BCUT2D eigenvalue weighted by atomic mass is 16.5. The number of ether oxygens (including phenoxy) is 1. The SMILES string of the molecule is CCCCNC(=O)c1c(OCc2c(C)noc2C)cc(=O)n2c1CCCCC2. The van der Waals surface area contributed by atoms with Gasteiger partial charge in [-0.05, 0) is 39.5 Å². The fraction of sp³-hybridized carbons (Fsp3) is 0.571. The van der Waals surface area contributed by atoms with Crippen LogP contribution in [0.1, 0.15) is 72.1 Å². The maximum atomic E-state index is 13.0. The molecule has 2 aromatic heterocycles. The van der Waals surface area contributed by atoms with Crippen LogP contribution in [0.3, 0.4) is 0 Å². The van der Waals surface area contributed by atoms with Crippen molar-refractivity contribution in [1.82, 2.24) is 15.0 Å². The van der Waals surface area contributed by atoms with Crippen LogP contribution in [0.25, 0.3) is 0 Å². The van der Waals surface area contributed by atoms with Gasteiger partial charge in [-0.3, -0.25) is 9.59 Å². The third-order valence-electron chi connectivity index (χ3n) is 5.27. The number of hydrogen-bond acceptors (Lipinski definition) is 5. The van der Waals surface area contributed by atoms with E-state index in [4.69, 9.17) is 9.26 Å². The highest BCUT2D eigenvalue weighted by Gasteiger charge is 2.24. The monoisotopic (exact) mass is 387 g/mol. The lowest BCUT2D eigenvalue weighted by Crippen LogP contribution is -2.31. The second-order valence-electron chi connectivity index (χ2n) is 7.33. The molecule has 0 radical (unpaired) electrons. The summed E-state index contributed by atoms with van der Waals surface area (Å²) in [5.41, 5.74) is 2.75. The van der Waals surface area contributed by atoms with E-state index >= 15 is 0 Å². The summed E-state index contributed by atoms with van der Waals surface area (Å²) in [6.45, 7) is 7.21. The molecule has 0 fully saturated rings. The Balaban J connectivity index is 1.97. The second-order valence-corrected chi connectivity index (χ2v) is 7.33. The summed E-state index contributed by atoms with van der Waals surface area (Å²) in [6.07, 6.45) is 5.57. The van der Waals surface area contributed by atoms with Gasteiger partial charge in [-0.1, -0.05) is 24.9 Å². The van der Waals surface area contributed by atoms with Crippen LogP contribution in [0.5, 0.6) is 5.75 Å². The molecule has 0 aliphatic carbocycles. The maximum Gasteiger partial charge on any atom is 0.256 e. The molecule has 3 heterocycles. The summed E-state index contributed by atoms with van der Waals surface area (Å²) in [4.78, 5) is 25.7. The molecule has 1 amide bonds. The van der Waals surface area contributed by atoms with Gasteiger partial charge in [-0.2, -0.15) is 0 Å². The Labute approximate surface area is 165 Å². The molecule has 0 unspecified atom stereocenters. The second kappa shape index (κ2) is 9.08. The molecule has 28 heavy (non-hydrogen) atoms. The molecular formula is C21H29N3O4. The normalized spacial score (nSPS) is 13.7. The van der Waals surface area contributed by atoms with E-state index in [2.05, 4.69) is 17.4 Å². The molecule has 152 valence electrons. The molecule has 1 N–H and O–H groups in total. The molecule has 3 rings (SSSR count). The van der Waals surface area contributed by atoms with Crippen molar-refractivity contribution in [3.8, 4) is 5.75 Å². The van der Waals surface area contributed by atoms with E-state index in [0.717, 1.165) is 49.1 Å². The first-order valence-corrected chi connectivity index (χ1v) is 10.1. The molecule has 1 aliphatic heterocycles. The number of carbonyl (C=O) groups excluding carboxylic acids is 1. The van der Waals surface area contributed by atoms with Crippen LogP contribution in [0.4, 0.5) is 0 Å². The largest absolute Gasteiger partial charge is 0.488 e. The van der Waals surface area contributed by atoms with E-state index in [9.17, 15) is 9.59 Å². The molecule has 0 bridgehead atoms. The Morgan fingerprint density at radius 1 is 1.32 bits per heavy atom. The van der Waals surface area contributed by atoms with Gasteiger partial charge in [0.15, 0.2) is 0 Å². The van der Waals surface area contributed by atoms with E-state index in [1.165, 1.54) is 6.07 Å². The quantitative estimate of drug-likeness (QED) is 0.737. The van der Waals surface area contributed by atoms with Gasteiger partial charge in [0, 0.05) is 24.8 Å². The summed E-state index contributed by atoms with van der Waals surface area (Å²) >= 11 is 0. The molecule has 0 spiro atoms. The summed E-state index contributed by atoms with van der Waals surface area (Å²) in [5, 5.41) is 6.92. The van der Waals surface area contributed by atoms with Crippen molar-refractivity contribution < 1.29 is 14.1 Å². The third kappa shape index (κ3) is 4.29. The van der Waals surface area contributed by atoms with E-state index in [0.29, 0.717) is 36.6 Å². The Bertz CT molecular complexity index is 878. The van der Waals surface area contributed by atoms with Gasteiger partial charge in [0.2, 0.25) is 0 Å².